The third-order valence-electron chi connectivity index (χ3n) is 4.00. The Balaban J connectivity index is 3.93. The molecule has 0 aliphatic carbocycles. The zero-order valence-electron chi connectivity index (χ0n) is 14.7. The predicted octanol–water partition coefficient (Wildman–Crippen LogP) is 5.17. The molecule has 0 aromatic carbocycles. The van der Waals surface area contributed by atoms with Crippen LogP contribution in [0.2, 0.25) is 0 Å². The molecule has 0 saturated carbocycles. The lowest BCUT2D eigenvalue weighted by Crippen LogP contribution is -2.44. The second kappa shape index (κ2) is 13.9. The monoisotopic (exact) mass is 285 g/mol. The summed E-state index contributed by atoms with van der Waals surface area (Å²) in [7, 11) is 0. The first kappa shape index (κ1) is 19.9. The second-order valence-electron chi connectivity index (χ2n) is 6.24. The topological polar surface area (TPSA) is 21.3 Å². The van der Waals surface area contributed by atoms with Crippen molar-refractivity contribution in [1.82, 2.24) is 5.32 Å². The molecule has 0 rings (SSSR count). The summed E-state index contributed by atoms with van der Waals surface area (Å²) in [6.07, 6.45) is 11.3. The largest absolute Gasteiger partial charge is 0.377 e. The van der Waals surface area contributed by atoms with Crippen LogP contribution in [0.4, 0.5) is 0 Å². The molecular weight excluding hydrogens is 246 g/mol. The lowest BCUT2D eigenvalue weighted by Gasteiger charge is -2.30. The Bertz CT molecular complexity index is 194. The van der Waals surface area contributed by atoms with Crippen LogP contribution in [0.1, 0.15) is 86.0 Å². The van der Waals surface area contributed by atoms with Gasteiger partial charge in [-0.15, -0.1) is 0 Å². The van der Waals surface area contributed by atoms with Gasteiger partial charge in [-0.2, -0.15) is 0 Å². The van der Waals surface area contributed by atoms with Gasteiger partial charge in [-0.05, 0) is 25.8 Å². The van der Waals surface area contributed by atoms with Crippen molar-refractivity contribution in [2.24, 2.45) is 5.92 Å². The molecule has 2 nitrogen and oxygen atoms in total. The number of ether oxygens (including phenoxy) is 1. The van der Waals surface area contributed by atoms with Gasteiger partial charge in [-0.3, -0.25) is 0 Å². The lowest BCUT2D eigenvalue weighted by atomic mass is 9.94. The van der Waals surface area contributed by atoms with Gasteiger partial charge >= 0.3 is 0 Å². The van der Waals surface area contributed by atoms with E-state index in [9.17, 15) is 0 Å². The SMILES string of the molecule is CCCCCCCCCC(NCC)C(OCC)C(C)C. The molecule has 0 aromatic heterocycles. The fourth-order valence-corrected chi connectivity index (χ4v) is 2.93. The van der Waals surface area contributed by atoms with Crippen molar-refractivity contribution >= 4 is 0 Å². The van der Waals surface area contributed by atoms with Gasteiger partial charge in [-0.1, -0.05) is 72.6 Å². The van der Waals surface area contributed by atoms with Crippen molar-refractivity contribution in [3.8, 4) is 0 Å². The highest BCUT2D eigenvalue weighted by molar-refractivity contribution is 4.79. The van der Waals surface area contributed by atoms with E-state index in [1.54, 1.807) is 0 Å². The van der Waals surface area contributed by atoms with Crippen molar-refractivity contribution in [1.29, 1.82) is 0 Å². The Morgan fingerprint density at radius 1 is 0.850 bits per heavy atom. The van der Waals surface area contributed by atoms with E-state index < -0.39 is 0 Å². The molecule has 1 N–H and O–H groups in total. The summed E-state index contributed by atoms with van der Waals surface area (Å²) in [5.41, 5.74) is 0. The van der Waals surface area contributed by atoms with Gasteiger partial charge in [0, 0.05) is 12.6 Å². The van der Waals surface area contributed by atoms with Crippen LogP contribution in [0.25, 0.3) is 0 Å². The molecule has 2 atom stereocenters. The number of rotatable bonds is 14. The van der Waals surface area contributed by atoms with Crippen molar-refractivity contribution in [2.75, 3.05) is 13.2 Å². The summed E-state index contributed by atoms with van der Waals surface area (Å²) in [4.78, 5) is 0. The highest BCUT2D eigenvalue weighted by atomic mass is 16.5. The molecule has 0 aromatic rings. The average Bonchev–Trinajstić information content (AvgIpc) is 2.42. The molecule has 0 spiro atoms. The first-order chi connectivity index (χ1) is 9.67. The van der Waals surface area contributed by atoms with Gasteiger partial charge in [0.25, 0.3) is 0 Å². The lowest BCUT2D eigenvalue weighted by molar-refractivity contribution is 0.00128. The van der Waals surface area contributed by atoms with Crippen LogP contribution in [0.5, 0.6) is 0 Å². The zero-order chi connectivity index (χ0) is 15.2. The first-order valence-electron chi connectivity index (χ1n) is 9.02. The second-order valence-corrected chi connectivity index (χ2v) is 6.24. The number of hydrogen-bond acceptors (Lipinski definition) is 2. The molecule has 20 heavy (non-hydrogen) atoms. The molecule has 2 heteroatoms. The molecule has 0 saturated heterocycles. The van der Waals surface area contributed by atoms with Crippen LogP contribution in [0.3, 0.4) is 0 Å². The maximum atomic E-state index is 5.97. The van der Waals surface area contributed by atoms with Crippen LogP contribution in [0.15, 0.2) is 0 Å². The standard InChI is InChI=1S/C18H39NO/c1-6-9-10-11-12-13-14-15-17(19-7-2)18(16(4)5)20-8-3/h16-19H,6-15H2,1-5H3. The molecule has 0 heterocycles. The minimum atomic E-state index is 0.361. The van der Waals surface area contributed by atoms with Crippen LogP contribution in [0, 0.1) is 5.92 Å². The van der Waals surface area contributed by atoms with Crippen LogP contribution >= 0.6 is 0 Å². The van der Waals surface area contributed by atoms with Crippen molar-refractivity contribution < 1.29 is 4.74 Å². The number of likely N-dealkylation sites (N-methyl/N-ethyl adjacent to an activating group) is 1. The van der Waals surface area contributed by atoms with Crippen LogP contribution in [-0.4, -0.2) is 25.3 Å². The van der Waals surface area contributed by atoms with Gasteiger partial charge in [-0.25, -0.2) is 0 Å². The highest BCUT2D eigenvalue weighted by Crippen LogP contribution is 2.17. The van der Waals surface area contributed by atoms with Crippen LogP contribution < -0.4 is 5.32 Å². The summed E-state index contributed by atoms with van der Waals surface area (Å²) >= 11 is 0. The predicted molar refractivity (Wildman–Crippen MR) is 90.3 cm³/mol. The van der Waals surface area contributed by atoms with Crippen molar-refractivity contribution in [2.45, 2.75) is 98.1 Å². The minimum absolute atomic E-state index is 0.361. The number of unbranched alkanes of at least 4 members (excludes halogenated alkanes) is 6. The minimum Gasteiger partial charge on any atom is -0.377 e. The molecule has 0 aliphatic rings. The number of nitrogens with one attached hydrogen (secondary N) is 1. The van der Waals surface area contributed by atoms with E-state index in [1.807, 2.05) is 0 Å². The smallest absolute Gasteiger partial charge is 0.0750 e. The number of hydrogen-bond donors (Lipinski definition) is 1. The van der Waals surface area contributed by atoms with Gasteiger partial charge < -0.3 is 10.1 Å². The fraction of sp³-hybridized carbons (Fsp3) is 1.00. The maximum absolute atomic E-state index is 5.97. The van der Waals surface area contributed by atoms with Crippen molar-refractivity contribution in [3.05, 3.63) is 0 Å². The summed E-state index contributed by atoms with van der Waals surface area (Å²) in [6.45, 7) is 13.0. The van der Waals surface area contributed by atoms with Gasteiger partial charge in [0.05, 0.1) is 6.10 Å². The van der Waals surface area contributed by atoms with Gasteiger partial charge in [0.15, 0.2) is 0 Å². The molecule has 0 fully saturated rings. The molecule has 0 aliphatic heterocycles. The van der Waals surface area contributed by atoms with E-state index in [0.29, 0.717) is 18.1 Å². The van der Waals surface area contributed by atoms with Crippen molar-refractivity contribution in [3.63, 3.8) is 0 Å². The van der Waals surface area contributed by atoms with E-state index >= 15 is 0 Å². The summed E-state index contributed by atoms with van der Waals surface area (Å²) in [5, 5.41) is 3.64. The molecule has 0 radical (unpaired) electrons. The summed E-state index contributed by atoms with van der Waals surface area (Å²) in [6, 6.07) is 0.524. The summed E-state index contributed by atoms with van der Waals surface area (Å²) < 4.78 is 5.97. The van der Waals surface area contributed by atoms with E-state index in [1.165, 1.54) is 51.4 Å². The third kappa shape index (κ3) is 9.77. The quantitative estimate of drug-likeness (QED) is 0.445. The van der Waals surface area contributed by atoms with Gasteiger partial charge in [0.2, 0.25) is 0 Å². The van der Waals surface area contributed by atoms with Crippen LogP contribution in [-0.2, 0) is 4.74 Å². The molecule has 2 unspecified atom stereocenters. The Morgan fingerprint density at radius 2 is 1.45 bits per heavy atom. The molecule has 122 valence electrons. The average molecular weight is 286 g/mol. The Labute approximate surface area is 128 Å². The fourth-order valence-electron chi connectivity index (χ4n) is 2.93. The van der Waals surface area contributed by atoms with E-state index in [4.69, 9.17) is 4.74 Å². The first-order valence-corrected chi connectivity index (χ1v) is 9.02. The Hall–Kier alpha value is -0.0800. The molecule has 0 amide bonds. The Kier molecular flexibility index (Phi) is 13.8. The Morgan fingerprint density at radius 3 is 1.95 bits per heavy atom. The van der Waals surface area contributed by atoms with Gasteiger partial charge in [0.1, 0.15) is 0 Å². The zero-order valence-corrected chi connectivity index (χ0v) is 14.7. The highest BCUT2D eigenvalue weighted by Gasteiger charge is 2.23. The third-order valence-corrected chi connectivity index (χ3v) is 4.00. The van der Waals surface area contributed by atoms with E-state index in [-0.39, 0.29) is 0 Å². The molecular formula is C18H39NO. The molecule has 0 bridgehead atoms. The summed E-state index contributed by atoms with van der Waals surface area (Å²) in [5.74, 6) is 0.587. The normalized spacial score (nSPS) is 14.7. The van der Waals surface area contributed by atoms with E-state index in [2.05, 4.69) is 39.9 Å². The maximum Gasteiger partial charge on any atom is 0.0750 e. The van der Waals surface area contributed by atoms with E-state index in [0.717, 1.165) is 13.2 Å².